The summed E-state index contributed by atoms with van der Waals surface area (Å²) in [6, 6.07) is 12.7. The van der Waals surface area contributed by atoms with Crippen LogP contribution < -0.4 is 10.1 Å². The largest absolute Gasteiger partial charge is 0.454 e. The van der Waals surface area contributed by atoms with E-state index in [1.165, 1.54) is 13.1 Å². The number of hydrogen-bond donors (Lipinski definition) is 2. The van der Waals surface area contributed by atoms with E-state index in [4.69, 9.17) is 4.74 Å². The average molecular weight is 316 g/mol. The SMILES string of the molecule is CNC(=O)N(O)C/C=C/c1ccc(F)c(Oc2ccccc2)c1. The van der Waals surface area contributed by atoms with Crippen molar-refractivity contribution in [1.29, 1.82) is 0 Å². The molecular formula is C17H17FN2O3. The van der Waals surface area contributed by atoms with Crippen LogP contribution in [0.3, 0.4) is 0 Å². The first-order valence-corrected chi connectivity index (χ1v) is 6.97. The number of para-hydroxylation sites is 1. The smallest absolute Gasteiger partial charge is 0.341 e. The Balaban J connectivity index is 2.06. The van der Waals surface area contributed by atoms with Crippen molar-refractivity contribution < 1.29 is 19.1 Å². The number of hydroxylamine groups is 2. The van der Waals surface area contributed by atoms with Gasteiger partial charge in [0.05, 0.1) is 6.54 Å². The Morgan fingerprint density at radius 1 is 1.30 bits per heavy atom. The molecule has 2 rings (SSSR count). The highest BCUT2D eigenvalue weighted by Gasteiger charge is 2.06. The molecule has 120 valence electrons. The van der Waals surface area contributed by atoms with E-state index < -0.39 is 11.8 Å². The molecule has 0 aromatic heterocycles. The lowest BCUT2D eigenvalue weighted by molar-refractivity contribution is -0.0318. The van der Waals surface area contributed by atoms with Crippen molar-refractivity contribution in [2.45, 2.75) is 0 Å². The van der Waals surface area contributed by atoms with Gasteiger partial charge < -0.3 is 10.1 Å². The number of nitrogens with one attached hydrogen (secondary N) is 1. The van der Waals surface area contributed by atoms with Crippen LogP contribution in [0.15, 0.2) is 54.6 Å². The van der Waals surface area contributed by atoms with Crippen molar-refractivity contribution >= 4 is 12.1 Å². The summed E-state index contributed by atoms with van der Waals surface area (Å²) in [7, 11) is 1.42. The molecule has 0 atom stereocenters. The van der Waals surface area contributed by atoms with Gasteiger partial charge >= 0.3 is 6.03 Å². The maximum atomic E-state index is 13.8. The van der Waals surface area contributed by atoms with Crippen molar-refractivity contribution in [2.75, 3.05) is 13.6 Å². The number of rotatable bonds is 5. The standard InChI is InChI=1S/C17H17FN2O3/c1-19-17(21)20(22)11-5-6-13-9-10-15(18)16(12-13)23-14-7-3-2-4-8-14/h2-10,12,22H,11H2,1H3,(H,19,21)/b6-5+. The molecule has 0 bridgehead atoms. The molecule has 0 saturated heterocycles. The zero-order chi connectivity index (χ0) is 16.7. The summed E-state index contributed by atoms with van der Waals surface area (Å²) in [5.41, 5.74) is 0.683. The molecule has 0 spiro atoms. The zero-order valence-corrected chi connectivity index (χ0v) is 12.6. The number of benzene rings is 2. The second-order valence-corrected chi connectivity index (χ2v) is 4.64. The predicted octanol–water partition coefficient (Wildman–Crippen LogP) is 3.66. The number of halogens is 1. The molecule has 2 amide bonds. The van der Waals surface area contributed by atoms with Gasteiger partial charge in [0.25, 0.3) is 0 Å². The Morgan fingerprint density at radius 3 is 2.74 bits per heavy atom. The lowest BCUT2D eigenvalue weighted by Gasteiger charge is -2.11. The molecule has 0 unspecified atom stereocenters. The third kappa shape index (κ3) is 4.82. The monoisotopic (exact) mass is 316 g/mol. The first kappa shape index (κ1) is 16.5. The maximum Gasteiger partial charge on any atom is 0.341 e. The number of hydrogen-bond acceptors (Lipinski definition) is 3. The van der Waals surface area contributed by atoms with Crippen molar-refractivity contribution in [3.63, 3.8) is 0 Å². The Hall–Kier alpha value is -2.86. The first-order valence-electron chi connectivity index (χ1n) is 6.97. The fraction of sp³-hybridized carbons (Fsp3) is 0.118. The van der Waals surface area contributed by atoms with Crippen molar-refractivity contribution in [1.82, 2.24) is 10.4 Å². The zero-order valence-electron chi connectivity index (χ0n) is 12.6. The molecule has 2 N–H and O–H groups in total. The van der Waals surface area contributed by atoms with Crippen LogP contribution in [0.1, 0.15) is 5.56 Å². The number of amides is 2. The molecule has 6 heteroatoms. The van der Waals surface area contributed by atoms with Gasteiger partial charge in [0.2, 0.25) is 0 Å². The summed E-state index contributed by atoms with van der Waals surface area (Å²) in [6.07, 6.45) is 3.23. The van der Waals surface area contributed by atoms with Crippen LogP contribution >= 0.6 is 0 Å². The quantitative estimate of drug-likeness (QED) is 0.653. The van der Waals surface area contributed by atoms with Crippen LogP contribution in [0.5, 0.6) is 11.5 Å². The van der Waals surface area contributed by atoms with Crippen LogP contribution in [0, 0.1) is 5.82 Å². The van der Waals surface area contributed by atoms with Gasteiger partial charge in [-0.1, -0.05) is 36.4 Å². The fourth-order valence-corrected chi connectivity index (χ4v) is 1.82. The number of urea groups is 1. The van der Waals surface area contributed by atoms with Crippen molar-refractivity contribution in [3.8, 4) is 11.5 Å². The van der Waals surface area contributed by atoms with Gasteiger partial charge in [0.1, 0.15) is 5.75 Å². The van der Waals surface area contributed by atoms with E-state index in [2.05, 4.69) is 5.32 Å². The maximum absolute atomic E-state index is 13.8. The Labute approximate surface area is 133 Å². The van der Waals surface area contributed by atoms with Crippen LogP contribution in [0.25, 0.3) is 6.08 Å². The van der Waals surface area contributed by atoms with E-state index in [1.807, 2.05) is 6.07 Å². The second kappa shape index (κ2) is 7.95. The number of carbonyl (C=O) groups excluding carboxylic acids is 1. The topological polar surface area (TPSA) is 61.8 Å². The van der Waals surface area contributed by atoms with Gasteiger partial charge in [-0.15, -0.1) is 0 Å². The summed E-state index contributed by atoms with van der Waals surface area (Å²) in [5.74, 6) is 0.166. The molecule has 23 heavy (non-hydrogen) atoms. The van der Waals surface area contributed by atoms with Gasteiger partial charge in [-0.05, 0) is 29.8 Å². The minimum atomic E-state index is -0.609. The van der Waals surface area contributed by atoms with E-state index in [0.29, 0.717) is 16.4 Å². The van der Waals surface area contributed by atoms with E-state index in [9.17, 15) is 14.4 Å². The van der Waals surface area contributed by atoms with E-state index in [1.54, 1.807) is 48.6 Å². The summed E-state index contributed by atoms with van der Waals surface area (Å²) in [5, 5.41) is 12.2. The number of carbonyl (C=O) groups is 1. The summed E-state index contributed by atoms with van der Waals surface area (Å²) in [4.78, 5) is 11.1. The minimum Gasteiger partial charge on any atom is -0.454 e. The molecule has 0 heterocycles. The van der Waals surface area contributed by atoms with Gasteiger partial charge in [-0.2, -0.15) is 0 Å². The van der Waals surface area contributed by atoms with Gasteiger partial charge in [-0.3, -0.25) is 5.21 Å². The Morgan fingerprint density at radius 2 is 2.04 bits per heavy atom. The molecule has 0 aliphatic carbocycles. The van der Waals surface area contributed by atoms with Gasteiger partial charge in [-0.25, -0.2) is 14.2 Å². The highest BCUT2D eigenvalue weighted by atomic mass is 19.1. The highest BCUT2D eigenvalue weighted by molar-refractivity contribution is 5.72. The van der Waals surface area contributed by atoms with E-state index >= 15 is 0 Å². The first-order chi connectivity index (χ1) is 11.1. The summed E-state index contributed by atoms with van der Waals surface area (Å²) < 4.78 is 19.3. The third-order valence-corrected chi connectivity index (χ3v) is 2.96. The lowest BCUT2D eigenvalue weighted by Crippen LogP contribution is -2.35. The molecule has 5 nitrogen and oxygen atoms in total. The van der Waals surface area contributed by atoms with Crippen LogP contribution in [0.4, 0.5) is 9.18 Å². The molecule has 0 aliphatic rings. The molecule has 0 fully saturated rings. The summed E-state index contributed by atoms with van der Waals surface area (Å²) >= 11 is 0. The highest BCUT2D eigenvalue weighted by Crippen LogP contribution is 2.25. The van der Waals surface area contributed by atoms with Gasteiger partial charge in [0, 0.05) is 7.05 Å². The van der Waals surface area contributed by atoms with Crippen LogP contribution in [0.2, 0.25) is 0 Å². The normalized spacial score (nSPS) is 10.6. The van der Waals surface area contributed by atoms with E-state index in [-0.39, 0.29) is 12.3 Å². The number of ether oxygens (including phenoxy) is 1. The Kier molecular flexibility index (Phi) is 5.71. The predicted molar refractivity (Wildman–Crippen MR) is 84.9 cm³/mol. The fourth-order valence-electron chi connectivity index (χ4n) is 1.82. The van der Waals surface area contributed by atoms with Crippen LogP contribution in [-0.4, -0.2) is 29.9 Å². The number of nitrogens with zero attached hydrogens (tertiary/aromatic N) is 1. The van der Waals surface area contributed by atoms with Crippen LogP contribution in [-0.2, 0) is 0 Å². The lowest BCUT2D eigenvalue weighted by atomic mass is 10.2. The molecule has 0 radical (unpaired) electrons. The molecule has 2 aromatic rings. The van der Waals surface area contributed by atoms with E-state index in [0.717, 1.165) is 0 Å². The molecular weight excluding hydrogens is 299 g/mol. The molecule has 2 aromatic carbocycles. The van der Waals surface area contributed by atoms with Gasteiger partial charge in [0.15, 0.2) is 11.6 Å². The minimum absolute atomic E-state index is 0.00588. The second-order valence-electron chi connectivity index (χ2n) is 4.64. The average Bonchev–Trinajstić information content (AvgIpc) is 2.57. The summed E-state index contributed by atoms with van der Waals surface area (Å²) in [6.45, 7) is 0.00588. The molecule has 0 aliphatic heterocycles. The Bertz CT molecular complexity index is 689. The van der Waals surface area contributed by atoms with Crippen molar-refractivity contribution in [2.24, 2.45) is 0 Å². The molecule has 0 saturated carbocycles. The third-order valence-electron chi connectivity index (χ3n) is 2.96. The van der Waals surface area contributed by atoms with Crippen molar-refractivity contribution in [3.05, 3.63) is 66.0 Å².